The van der Waals surface area contributed by atoms with Gasteiger partial charge in [-0.2, -0.15) is 0 Å². The van der Waals surface area contributed by atoms with Gasteiger partial charge in [0.15, 0.2) is 6.10 Å². The van der Waals surface area contributed by atoms with E-state index in [0.717, 1.165) is 5.56 Å². The lowest BCUT2D eigenvalue weighted by atomic mass is 10.1. The van der Waals surface area contributed by atoms with Crippen LogP contribution in [0.3, 0.4) is 0 Å². The monoisotopic (exact) mass is 284 g/mol. The zero-order valence-electron chi connectivity index (χ0n) is 11.0. The lowest BCUT2D eigenvalue weighted by Crippen LogP contribution is -2.31. The molecule has 3 rings (SSSR count). The summed E-state index contributed by atoms with van der Waals surface area (Å²) in [5.74, 6) is 0.292. The van der Waals surface area contributed by atoms with Gasteiger partial charge in [-0.1, -0.05) is 30.3 Å². The van der Waals surface area contributed by atoms with Crippen LogP contribution >= 0.6 is 0 Å². The Morgan fingerprint density at radius 1 is 1.19 bits per heavy atom. The topological polar surface area (TPSA) is 81.5 Å². The molecule has 0 saturated heterocycles. The van der Waals surface area contributed by atoms with Crippen molar-refractivity contribution in [2.75, 3.05) is 5.32 Å². The van der Waals surface area contributed by atoms with Crippen LogP contribution in [0, 0.1) is 10.1 Å². The summed E-state index contributed by atoms with van der Waals surface area (Å²) in [6.07, 6.45) is -0.204. The fraction of sp³-hybridized carbons (Fsp3) is 0.133. The smallest absolute Gasteiger partial charge is 0.292 e. The van der Waals surface area contributed by atoms with Crippen molar-refractivity contribution in [2.45, 2.75) is 12.5 Å². The van der Waals surface area contributed by atoms with Crippen molar-refractivity contribution in [3.63, 3.8) is 0 Å². The van der Waals surface area contributed by atoms with Gasteiger partial charge in [-0.15, -0.1) is 0 Å². The van der Waals surface area contributed by atoms with Crippen LogP contribution in [0.2, 0.25) is 0 Å². The number of nitro groups is 1. The number of hydrogen-bond acceptors (Lipinski definition) is 4. The molecule has 1 amide bonds. The van der Waals surface area contributed by atoms with Crippen molar-refractivity contribution in [2.24, 2.45) is 0 Å². The Hall–Kier alpha value is -2.89. The average molecular weight is 284 g/mol. The summed E-state index contributed by atoms with van der Waals surface area (Å²) in [4.78, 5) is 22.6. The lowest BCUT2D eigenvalue weighted by Gasteiger charge is -2.11. The second kappa shape index (κ2) is 5.24. The maximum absolute atomic E-state index is 12.2. The van der Waals surface area contributed by atoms with Gasteiger partial charge in [-0.3, -0.25) is 14.9 Å². The molecule has 1 N–H and O–H groups in total. The molecular formula is C15H12N2O4. The molecule has 6 nitrogen and oxygen atoms in total. The Labute approximate surface area is 120 Å². The van der Waals surface area contributed by atoms with Crippen LogP contribution in [0.4, 0.5) is 11.4 Å². The molecule has 0 aromatic heterocycles. The third-order valence-electron chi connectivity index (χ3n) is 3.30. The number of nitrogens with zero attached hydrogens (tertiary/aromatic N) is 1. The summed E-state index contributed by atoms with van der Waals surface area (Å²) in [6.45, 7) is 0. The number of anilines is 1. The highest BCUT2D eigenvalue weighted by Gasteiger charge is 2.29. The second-order valence-electron chi connectivity index (χ2n) is 4.68. The largest absolute Gasteiger partial charge is 0.480 e. The van der Waals surface area contributed by atoms with Crippen LogP contribution in [-0.4, -0.2) is 16.9 Å². The standard InChI is InChI=1S/C15H12N2O4/c18-15(14-9-10-5-1-4-8-13(10)21-14)16-11-6-2-3-7-12(11)17(19)20/h1-8,14H,9H2,(H,16,18). The highest BCUT2D eigenvalue weighted by Crippen LogP contribution is 2.29. The normalized spacial score (nSPS) is 15.9. The van der Waals surface area contributed by atoms with Crippen LogP contribution in [0.15, 0.2) is 48.5 Å². The fourth-order valence-electron chi connectivity index (χ4n) is 2.28. The van der Waals surface area contributed by atoms with Crippen LogP contribution in [0.1, 0.15) is 5.56 Å². The summed E-state index contributed by atoms with van der Waals surface area (Å²) in [5, 5.41) is 13.5. The Kier molecular flexibility index (Phi) is 3.27. The number of nitrogens with one attached hydrogen (secondary N) is 1. The summed E-state index contributed by atoms with van der Waals surface area (Å²) >= 11 is 0. The van der Waals surface area contributed by atoms with Gasteiger partial charge in [0.25, 0.3) is 11.6 Å². The second-order valence-corrected chi connectivity index (χ2v) is 4.68. The number of fused-ring (bicyclic) bond motifs is 1. The first-order valence-corrected chi connectivity index (χ1v) is 6.44. The van der Waals surface area contributed by atoms with Crippen LogP contribution < -0.4 is 10.1 Å². The summed E-state index contributed by atoms with van der Waals surface area (Å²) < 4.78 is 5.56. The Morgan fingerprint density at radius 2 is 1.90 bits per heavy atom. The molecule has 2 aromatic rings. The van der Waals surface area contributed by atoms with Gasteiger partial charge in [0.2, 0.25) is 0 Å². The predicted molar refractivity (Wildman–Crippen MR) is 76.3 cm³/mol. The molecule has 1 aliphatic rings. The zero-order chi connectivity index (χ0) is 14.8. The minimum atomic E-state index is -0.665. The third kappa shape index (κ3) is 2.55. The molecule has 2 aromatic carbocycles. The van der Waals surface area contributed by atoms with Crippen molar-refractivity contribution in [3.05, 3.63) is 64.2 Å². The van der Waals surface area contributed by atoms with Crippen molar-refractivity contribution >= 4 is 17.3 Å². The van der Waals surface area contributed by atoms with Crippen molar-refractivity contribution in [1.82, 2.24) is 0 Å². The van der Waals surface area contributed by atoms with E-state index in [9.17, 15) is 14.9 Å². The Balaban J connectivity index is 1.76. The SMILES string of the molecule is O=C(Nc1ccccc1[N+](=O)[O-])C1Cc2ccccc2O1. The highest BCUT2D eigenvalue weighted by atomic mass is 16.6. The van der Waals surface area contributed by atoms with E-state index in [1.165, 1.54) is 12.1 Å². The van der Waals surface area contributed by atoms with Crippen LogP contribution in [0.25, 0.3) is 0 Å². The molecular weight excluding hydrogens is 272 g/mol. The number of nitro benzene ring substituents is 1. The first-order valence-electron chi connectivity index (χ1n) is 6.44. The van der Waals surface area contributed by atoms with Crippen molar-refractivity contribution < 1.29 is 14.5 Å². The minimum absolute atomic E-state index is 0.138. The van der Waals surface area contributed by atoms with Gasteiger partial charge in [0.05, 0.1) is 4.92 Å². The molecule has 0 fully saturated rings. The first kappa shape index (κ1) is 13.1. The maximum atomic E-state index is 12.2. The molecule has 1 unspecified atom stereocenters. The summed E-state index contributed by atoms with van der Waals surface area (Å²) in [5.41, 5.74) is 0.994. The molecule has 0 aliphatic carbocycles. The third-order valence-corrected chi connectivity index (χ3v) is 3.30. The van der Waals surface area contributed by atoms with Crippen LogP contribution in [0.5, 0.6) is 5.75 Å². The van der Waals surface area contributed by atoms with E-state index in [4.69, 9.17) is 4.74 Å². The molecule has 0 radical (unpaired) electrons. The fourth-order valence-corrected chi connectivity index (χ4v) is 2.28. The van der Waals surface area contributed by atoms with Gasteiger partial charge >= 0.3 is 0 Å². The molecule has 1 atom stereocenters. The number of benzene rings is 2. The van der Waals surface area contributed by atoms with Crippen LogP contribution in [-0.2, 0) is 11.2 Å². The van der Waals surface area contributed by atoms with Crippen molar-refractivity contribution in [3.8, 4) is 5.75 Å². The number of carbonyl (C=O) groups is 1. The van der Waals surface area contributed by atoms with E-state index >= 15 is 0 Å². The number of ether oxygens (including phenoxy) is 1. The highest BCUT2D eigenvalue weighted by molar-refractivity contribution is 5.96. The first-order chi connectivity index (χ1) is 10.1. The quantitative estimate of drug-likeness (QED) is 0.693. The molecule has 1 heterocycles. The average Bonchev–Trinajstić information content (AvgIpc) is 2.91. The van der Waals surface area contributed by atoms with E-state index in [1.807, 2.05) is 18.2 Å². The van der Waals surface area contributed by atoms with Gasteiger partial charge in [0, 0.05) is 12.5 Å². The number of carbonyl (C=O) groups excluding carboxylic acids is 1. The maximum Gasteiger partial charge on any atom is 0.292 e. The number of rotatable bonds is 3. The van der Waals surface area contributed by atoms with E-state index in [2.05, 4.69) is 5.32 Å². The van der Waals surface area contributed by atoms with E-state index < -0.39 is 11.0 Å². The summed E-state index contributed by atoms with van der Waals surface area (Å²) in [6, 6.07) is 13.4. The molecule has 0 spiro atoms. The molecule has 0 bridgehead atoms. The Morgan fingerprint density at radius 3 is 2.67 bits per heavy atom. The number of para-hydroxylation sites is 3. The molecule has 106 valence electrons. The Bertz CT molecular complexity index is 689. The van der Waals surface area contributed by atoms with Gasteiger partial charge < -0.3 is 10.1 Å². The summed E-state index contributed by atoms with van der Waals surface area (Å²) in [7, 11) is 0. The van der Waals surface area contributed by atoms with E-state index in [1.54, 1.807) is 18.2 Å². The van der Waals surface area contributed by atoms with E-state index in [-0.39, 0.29) is 17.3 Å². The number of hydrogen-bond donors (Lipinski definition) is 1. The predicted octanol–water partition coefficient (Wildman–Crippen LogP) is 2.54. The lowest BCUT2D eigenvalue weighted by molar-refractivity contribution is -0.383. The van der Waals surface area contributed by atoms with Crippen molar-refractivity contribution in [1.29, 1.82) is 0 Å². The molecule has 1 aliphatic heterocycles. The van der Waals surface area contributed by atoms with E-state index in [0.29, 0.717) is 12.2 Å². The van der Waals surface area contributed by atoms with Gasteiger partial charge in [0.1, 0.15) is 11.4 Å². The molecule has 6 heteroatoms. The minimum Gasteiger partial charge on any atom is -0.480 e. The zero-order valence-corrected chi connectivity index (χ0v) is 11.0. The van der Waals surface area contributed by atoms with Gasteiger partial charge in [-0.25, -0.2) is 0 Å². The van der Waals surface area contributed by atoms with Gasteiger partial charge in [-0.05, 0) is 17.7 Å². The molecule has 0 saturated carbocycles. The number of amides is 1. The molecule has 21 heavy (non-hydrogen) atoms.